The molecule has 2 rings (SSSR count). The molecule has 102 valence electrons. The van der Waals surface area contributed by atoms with Crippen LogP contribution in [0, 0.1) is 6.92 Å². The number of aromatic nitrogens is 3. The molecule has 0 saturated heterocycles. The van der Waals surface area contributed by atoms with Gasteiger partial charge in [0.25, 0.3) is 0 Å². The molecule has 0 fully saturated rings. The summed E-state index contributed by atoms with van der Waals surface area (Å²) in [6.45, 7) is 3.18. The van der Waals surface area contributed by atoms with Crippen molar-refractivity contribution in [3.63, 3.8) is 0 Å². The molecule has 0 radical (unpaired) electrons. The highest BCUT2D eigenvalue weighted by molar-refractivity contribution is 7.09. The predicted octanol–water partition coefficient (Wildman–Crippen LogP) is 1.52. The zero-order valence-corrected chi connectivity index (χ0v) is 11.9. The summed E-state index contributed by atoms with van der Waals surface area (Å²) in [4.78, 5) is 17.5. The average Bonchev–Trinajstić information content (AvgIpc) is 2.87. The molecule has 19 heavy (non-hydrogen) atoms. The molecular weight excluding hydrogens is 264 g/mol. The summed E-state index contributed by atoms with van der Waals surface area (Å²) in [7, 11) is 3.69. The second-order valence-electron chi connectivity index (χ2n) is 4.46. The Labute approximate surface area is 115 Å². The molecular formula is C12H16N4O2S. The van der Waals surface area contributed by atoms with Gasteiger partial charge in [-0.2, -0.15) is 5.10 Å². The molecule has 0 spiro atoms. The quantitative estimate of drug-likeness (QED) is 0.899. The molecule has 0 amide bonds. The monoisotopic (exact) mass is 280 g/mol. The Bertz CT molecular complexity index is 590. The third kappa shape index (κ3) is 3.18. The Hall–Kier alpha value is -1.73. The highest BCUT2D eigenvalue weighted by atomic mass is 32.1. The van der Waals surface area contributed by atoms with E-state index in [9.17, 15) is 4.79 Å². The van der Waals surface area contributed by atoms with Gasteiger partial charge in [0, 0.05) is 25.5 Å². The van der Waals surface area contributed by atoms with Crippen LogP contribution in [0.3, 0.4) is 0 Å². The van der Waals surface area contributed by atoms with E-state index >= 15 is 0 Å². The molecule has 7 heteroatoms. The maximum Gasteiger partial charge on any atom is 0.339 e. The minimum Gasteiger partial charge on any atom is -0.478 e. The molecule has 6 nitrogen and oxygen atoms in total. The lowest BCUT2D eigenvalue weighted by Gasteiger charge is -2.16. The number of hydrogen-bond donors (Lipinski definition) is 1. The molecule has 0 aliphatic rings. The van der Waals surface area contributed by atoms with Crippen molar-refractivity contribution in [1.29, 1.82) is 0 Å². The number of hydrogen-bond acceptors (Lipinski definition) is 5. The summed E-state index contributed by atoms with van der Waals surface area (Å²) in [5, 5.41) is 16.2. The van der Waals surface area contributed by atoms with Gasteiger partial charge in [-0.05, 0) is 14.0 Å². The minimum absolute atomic E-state index is 0.254. The van der Waals surface area contributed by atoms with Crippen molar-refractivity contribution in [3.05, 3.63) is 33.5 Å². The third-order valence-corrected chi connectivity index (χ3v) is 3.63. The van der Waals surface area contributed by atoms with Gasteiger partial charge >= 0.3 is 5.97 Å². The zero-order valence-electron chi connectivity index (χ0n) is 11.1. The fourth-order valence-corrected chi connectivity index (χ4v) is 2.50. The van der Waals surface area contributed by atoms with E-state index in [1.54, 1.807) is 23.1 Å². The summed E-state index contributed by atoms with van der Waals surface area (Å²) in [5.74, 6) is -0.944. The van der Waals surface area contributed by atoms with Gasteiger partial charge in [0.1, 0.15) is 5.56 Å². The molecule has 2 heterocycles. The van der Waals surface area contributed by atoms with Crippen LogP contribution in [0.5, 0.6) is 0 Å². The molecule has 0 aliphatic carbocycles. The van der Waals surface area contributed by atoms with Gasteiger partial charge in [-0.25, -0.2) is 9.78 Å². The van der Waals surface area contributed by atoms with Crippen LogP contribution >= 0.6 is 11.3 Å². The molecule has 0 unspecified atom stereocenters. The summed E-state index contributed by atoms with van der Waals surface area (Å²) in [6.07, 6.45) is 1.39. The Morgan fingerprint density at radius 2 is 2.26 bits per heavy atom. The van der Waals surface area contributed by atoms with Crippen LogP contribution in [0.1, 0.15) is 26.8 Å². The normalized spacial score (nSPS) is 11.2. The molecule has 0 aliphatic heterocycles. The Morgan fingerprint density at radius 1 is 1.53 bits per heavy atom. The Balaban J connectivity index is 2.08. The predicted molar refractivity (Wildman–Crippen MR) is 72.2 cm³/mol. The zero-order chi connectivity index (χ0) is 14.0. The fraction of sp³-hybridized carbons (Fsp3) is 0.417. The lowest BCUT2D eigenvalue weighted by atomic mass is 10.2. The van der Waals surface area contributed by atoms with Crippen LogP contribution in [0.15, 0.2) is 11.6 Å². The number of carboxylic acids is 1. The lowest BCUT2D eigenvalue weighted by Crippen LogP contribution is -2.21. The van der Waals surface area contributed by atoms with Crippen LogP contribution < -0.4 is 0 Å². The van der Waals surface area contributed by atoms with Gasteiger partial charge in [-0.3, -0.25) is 9.58 Å². The fourth-order valence-electron chi connectivity index (χ4n) is 1.90. The highest BCUT2D eigenvalue weighted by Gasteiger charge is 2.16. The van der Waals surface area contributed by atoms with Crippen molar-refractivity contribution in [2.75, 3.05) is 7.05 Å². The summed E-state index contributed by atoms with van der Waals surface area (Å²) in [5.41, 5.74) is 1.95. The second-order valence-corrected chi connectivity index (χ2v) is 5.53. The maximum absolute atomic E-state index is 11.1. The van der Waals surface area contributed by atoms with Crippen LogP contribution in [0.2, 0.25) is 0 Å². The number of aryl methyl sites for hydroxylation is 2. The SMILES string of the molecule is Cc1nc(CN(C)Cc2c(C(=O)O)cnn2C)cs1. The first kappa shape index (κ1) is 13.7. The summed E-state index contributed by atoms with van der Waals surface area (Å²) in [6, 6.07) is 0. The van der Waals surface area contributed by atoms with Gasteiger partial charge in [-0.15, -0.1) is 11.3 Å². The molecule has 2 aromatic rings. The van der Waals surface area contributed by atoms with Crippen molar-refractivity contribution in [2.24, 2.45) is 7.05 Å². The lowest BCUT2D eigenvalue weighted by molar-refractivity contribution is 0.0694. The van der Waals surface area contributed by atoms with E-state index < -0.39 is 5.97 Å². The Morgan fingerprint density at radius 3 is 2.84 bits per heavy atom. The van der Waals surface area contributed by atoms with Crippen LogP contribution in [0.4, 0.5) is 0 Å². The number of aromatic carboxylic acids is 1. The van der Waals surface area contributed by atoms with E-state index in [0.717, 1.165) is 10.7 Å². The number of thiazole rings is 1. The first-order valence-electron chi connectivity index (χ1n) is 5.81. The van der Waals surface area contributed by atoms with Crippen LogP contribution in [-0.4, -0.2) is 37.8 Å². The van der Waals surface area contributed by atoms with Crippen LogP contribution in [-0.2, 0) is 20.1 Å². The van der Waals surface area contributed by atoms with E-state index in [-0.39, 0.29) is 5.56 Å². The van der Waals surface area contributed by atoms with Crippen molar-refractivity contribution >= 4 is 17.3 Å². The molecule has 2 aromatic heterocycles. The number of carbonyl (C=O) groups is 1. The van der Waals surface area contributed by atoms with Crippen molar-refractivity contribution in [1.82, 2.24) is 19.7 Å². The van der Waals surface area contributed by atoms with Gasteiger partial charge in [-0.1, -0.05) is 0 Å². The molecule has 0 aromatic carbocycles. The van der Waals surface area contributed by atoms with E-state index in [2.05, 4.69) is 10.1 Å². The molecule has 0 saturated carbocycles. The van der Waals surface area contributed by atoms with Gasteiger partial charge in [0.05, 0.1) is 22.6 Å². The number of carboxylic acid groups (broad SMARTS) is 1. The van der Waals surface area contributed by atoms with E-state index in [0.29, 0.717) is 18.8 Å². The standard InChI is InChI=1S/C12H16N4O2S/c1-8-14-9(7-19-8)5-15(2)6-11-10(12(17)18)4-13-16(11)3/h4,7H,5-6H2,1-3H3,(H,17,18). The second kappa shape index (κ2) is 5.50. The van der Waals surface area contributed by atoms with Gasteiger partial charge < -0.3 is 5.11 Å². The molecule has 0 atom stereocenters. The van der Waals surface area contributed by atoms with Gasteiger partial charge in [0.15, 0.2) is 0 Å². The smallest absolute Gasteiger partial charge is 0.339 e. The van der Waals surface area contributed by atoms with E-state index in [1.807, 2.05) is 24.3 Å². The number of nitrogens with zero attached hydrogens (tertiary/aromatic N) is 4. The maximum atomic E-state index is 11.1. The average molecular weight is 280 g/mol. The van der Waals surface area contributed by atoms with E-state index in [1.165, 1.54) is 6.20 Å². The van der Waals surface area contributed by atoms with Crippen molar-refractivity contribution in [3.8, 4) is 0 Å². The summed E-state index contributed by atoms with van der Waals surface area (Å²) >= 11 is 1.62. The first-order chi connectivity index (χ1) is 8.97. The molecule has 0 bridgehead atoms. The van der Waals surface area contributed by atoms with Crippen molar-refractivity contribution < 1.29 is 9.90 Å². The topological polar surface area (TPSA) is 71.2 Å². The summed E-state index contributed by atoms with van der Waals surface area (Å²) < 4.78 is 1.60. The minimum atomic E-state index is -0.944. The van der Waals surface area contributed by atoms with E-state index in [4.69, 9.17) is 5.11 Å². The molecule has 1 N–H and O–H groups in total. The van der Waals surface area contributed by atoms with Crippen LogP contribution in [0.25, 0.3) is 0 Å². The largest absolute Gasteiger partial charge is 0.478 e. The highest BCUT2D eigenvalue weighted by Crippen LogP contribution is 2.14. The first-order valence-corrected chi connectivity index (χ1v) is 6.69. The van der Waals surface area contributed by atoms with Gasteiger partial charge in [0.2, 0.25) is 0 Å². The number of rotatable bonds is 5. The van der Waals surface area contributed by atoms with Crippen molar-refractivity contribution in [2.45, 2.75) is 20.0 Å². The third-order valence-electron chi connectivity index (χ3n) is 2.81. The Kier molecular flexibility index (Phi) is 3.96.